The van der Waals surface area contributed by atoms with Gasteiger partial charge in [-0.15, -0.1) is 0 Å². The highest BCUT2D eigenvalue weighted by molar-refractivity contribution is 5.94. The van der Waals surface area contributed by atoms with Gasteiger partial charge in [-0.25, -0.2) is 8.78 Å². The monoisotopic (exact) mass is 284 g/mol. The Morgan fingerprint density at radius 1 is 1.25 bits per heavy atom. The van der Waals surface area contributed by atoms with E-state index in [-0.39, 0.29) is 17.3 Å². The molecule has 0 spiro atoms. The first-order valence-electron chi connectivity index (χ1n) is 6.68. The number of rotatable bonds is 3. The minimum Gasteiger partial charge on any atom is -0.391 e. The van der Waals surface area contributed by atoms with Gasteiger partial charge in [-0.2, -0.15) is 0 Å². The molecule has 2 rings (SSSR count). The summed E-state index contributed by atoms with van der Waals surface area (Å²) >= 11 is 0. The van der Waals surface area contributed by atoms with E-state index in [1.54, 1.807) is 0 Å². The molecule has 6 heteroatoms. The van der Waals surface area contributed by atoms with Crippen molar-refractivity contribution in [2.45, 2.75) is 37.8 Å². The molecule has 0 bridgehead atoms. The molecule has 1 aromatic rings. The summed E-state index contributed by atoms with van der Waals surface area (Å²) in [7, 11) is 1.40. The largest absolute Gasteiger partial charge is 0.391 e. The quantitative estimate of drug-likeness (QED) is 0.796. The number of carbonyl (C=O) groups is 1. The highest BCUT2D eigenvalue weighted by Crippen LogP contribution is 2.22. The average Bonchev–Trinajstić information content (AvgIpc) is 2.41. The van der Waals surface area contributed by atoms with Crippen molar-refractivity contribution in [3.63, 3.8) is 0 Å². The van der Waals surface area contributed by atoms with Crippen LogP contribution in [0.1, 0.15) is 36.0 Å². The summed E-state index contributed by atoms with van der Waals surface area (Å²) in [6.07, 6.45) is 2.55. The molecule has 0 aliphatic heterocycles. The number of hydrogen-bond acceptors (Lipinski definition) is 3. The summed E-state index contributed by atoms with van der Waals surface area (Å²) in [6, 6.07) is 1.62. The lowest BCUT2D eigenvalue weighted by atomic mass is 9.92. The number of aliphatic hydroxyl groups is 1. The lowest BCUT2D eigenvalue weighted by Gasteiger charge is -2.28. The van der Waals surface area contributed by atoms with Crippen LogP contribution in [-0.4, -0.2) is 30.2 Å². The average molecular weight is 284 g/mol. The standard InChI is InChI=1S/C14H18F2N2O2/c1-17-13-9(15)6-8(7-10(13)16)14(20)18-11-4-2-3-5-12(11)19/h6-7,11-12,17,19H,2-5H2,1H3,(H,18,20). The van der Waals surface area contributed by atoms with Gasteiger partial charge in [0.2, 0.25) is 0 Å². The molecule has 0 aromatic heterocycles. The lowest BCUT2D eigenvalue weighted by molar-refractivity contribution is 0.0717. The number of halogens is 2. The highest BCUT2D eigenvalue weighted by Gasteiger charge is 2.25. The van der Waals surface area contributed by atoms with Crippen molar-refractivity contribution in [1.29, 1.82) is 0 Å². The molecule has 1 aliphatic rings. The van der Waals surface area contributed by atoms with Gasteiger partial charge in [-0.3, -0.25) is 4.79 Å². The molecule has 0 saturated heterocycles. The second-order valence-electron chi connectivity index (χ2n) is 5.00. The van der Waals surface area contributed by atoms with Crippen LogP contribution in [0.3, 0.4) is 0 Å². The van der Waals surface area contributed by atoms with Crippen molar-refractivity contribution in [1.82, 2.24) is 5.32 Å². The van der Waals surface area contributed by atoms with Crippen molar-refractivity contribution in [2.24, 2.45) is 0 Å². The number of nitrogens with one attached hydrogen (secondary N) is 2. The van der Waals surface area contributed by atoms with Gasteiger partial charge in [0.25, 0.3) is 5.91 Å². The van der Waals surface area contributed by atoms with E-state index in [0.717, 1.165) is 25.0 Å². The number of hydrogen-bond donors (Lipinski definition) is 3. The summed E-state index contributed by atoms with van der Waals surface area (Å²) in [5.41, 5.74) is -0.351. The van der Waals surface area contributed by atoms with Gasteiger partial charge in [0.05, 0.1) is 12.1 Å². The molecule has 1 fully saturated rings. The maximum atomic E-state index is 13.6. The first-order valence-corrected chi connectivity index (χ1v) is 6.68. The summed E-state index contributed by atoms with van der Waals surface area (Å²) in [5, 5.41) is 14.8. The fourth-order valence-corrected chi connectivity index (χ4v) is 2.47. The summed E-state index contributed by atoms with van der Waals surface area (Å²) < 4.78 is 27.2. The van der Waals surface area contributed by atoms with Gasteiger partial charge in [0, 0.05) is 12.6 Å². The van der Waals surface area contributed by atoms with Crippen molar-refractivity contribution in [2.75, 3.05) is 12.4 Å². The number of anilines is 1. The Morgan fingerprint density at radius 2 is 1.85 bits per heavy atom. The van der Waals surface area contributed by atoms with Crippen molar-refractivity contribution >= 4 is 11.6 Å². The van der Waals surface area contributed by atoms with Crippen molar-refractivity contribution in [3.05, 3.63) is 29.3 Å². The predicted octanol–water partition coefficient (Wildman–Crippen LogP) is 2.04. The van der Waals surface area contributed by atoms with E-state index in [2.05, 4.69) is 10.6 Å². The third-order valence-electron chi connectivity index (χ3n) is 3.60. The fraction of sp³-hybridized carbons (Fsp3) is 0.500. The van der Waals surface area contributed by atoms with Crippen LogP contribution >= 0.6 is 0 Å². The Labute approximate surface area is 116 Å². The van der Waals surface area contributed by atoms with E-state index in [4.69, 9.17) is 0 Å². The third kappa shape index (κ3) is 3.07. The van der Waals surface area contributed by atoms with Gasteiger partial charge in [-0.05, 0) is 25.0 Å². The van der Waals surface area contributed by atoms with Crippen LogP contribution in [0, 0.1) is 11.6 Å². The molecular formula is C14H18F2N2O2. The smallest absolute Gasteiger partial charge is 0.251 e. The molecule has 0 heterocycles. The van der Waals surface area contributed by atoms with Crippen molar-refractivity contribution < 1.29 is 18.7 Å². The Morgan fingerprint density at radius 3 is 2.40 bits per heavy atom. The number of amides is 1. The van der Waals surface area contributed by atoms with E-state index in [1.165, 1.54) is 7.05 Å². The summed E-state index contributed by atoms with van der Waals surface area (Å²) in [4.78, 5) is 12.0. The minimum atomic E-state index is -0.818. The van der Waals surface area contributed by atoms with Crippen LogP contribution in [0.15, 0.2) is 12.1 Å². The zero-order valence-electron chi connectivity index (χ0n) is 11.2. The Kier molecular flexibility index (Phi) is 4.54. The van der Waals surface area contributed by atoms with Gasteiger partial charge >= 0.3 is 0 Å². The van der Waals surface area contributed by atoms with Gasteiger partial charge in [0.15, 0.2) is 0 Å². The summed E-state index contributed by atoms with van der Waals surface area (Å²) in [6.45, 7) is 0. The molecular weight excluding hydrogens is 266 g/mol. The predicted molar refractivity (Wildman–Crippen MR) is 71.6 cm³/mol. The first-order chi connectivity index (χ1) is 9.52. The Bertz CT molecular complexity index is 485. The maximum Gasteiger partial charge on any atom is 0.251 e. The van der Waals surface area contributed by atoms with Gasteiger partial charge < -0.3 is 15.7 Å². The van der Waals surface area contributed by atoms with E-state index in [0.29, 0.717) is 12.8 Å². The second-order valence-corrected chi connectivity index (χ2v) is 5.00. The van der Waals surface area contributed by atoms with Gasteiger partial charge in [0.1, 0.15) is 17.3 Å². The van der Waals surface area contributed by atoms with E-state index >= 15 is 0 Å². The summed E-state index contributed by atoms with van der Waals surface area (Å²) in [5.74, 6) is -2.21. The zero-order valence-corrected chi connectivity index (χ0v) is 11.2. The van der Waals surface area contributed by atoms with Crippen LogP contribution in [0.5, 0.6) is 0 Å². The van der Waals surface area contributed by atoms with E-state index in [9.17, 15) is 18.7 Å². The van der Waals surface area contributed by atoms with E-state index in [1.807, 2.05) is 0 Å². The van der Waals surface area contributed by atoms with Crippen molar-refractivity contribution in [3.8, 4) is 0 Å². The minimum absolute atomic E-state index is 0.0863. The highest BCUT2D eigenvalue weighted by atomic mass is 19.1. The maximum absolute atomic E-state index is 13.6. The molecule has 110 valence electrons. The molecule has 2 atom stereocenters. The molecule has 1 saturated carbocycles. The van der Waals surface area contributed by atoms with Crippen LogP contribution in [0.4, 0.5) is 14.5 Å². The second kappa shape index (κ2) is 6.17. The fourth-order valence-electron chi connectivity index (χ4n) is 2.47. The Balaban J connectivity index is 2.13. The molecule has 1 amide bonds. The SMILES string of the molecule is CNc1c(F)cc(C(=O)NC2CCCCC2O)cc1F. The molecule has 4 nitrogen and oxygen atoms in total. The number of carbonyl (C=O) groups excluding carboxylic acids is 1. The zero-order chi connectivity index (χ0) is 14.7. The van der Waals surface area contributed by atoms with Crippen LogP contribution in [0.2, 0.25) is 0 Å². The van der Waals surface area contributed by atoms with Crippen LogP contribution < -0.4 is 10.6 Å². The first kappa shape index (κ1) is 14.7. The molecule has 1 aromatic carbocycles. The normalized spacial score (nSPS) is 22.4. The lowest BCUT2D eigenvalue weighted by Crippen LogP contribution is -2.45. The topological polar surface area (TPSA) is 61.4 Å². The number of aliphatic hydroxyl groups excluding tert-OH is 1. The van der Waals surface area contributed by atoms with Crippen LogP contribution in [-0.2, 0) is 0 Å². The molecule has 20 heavy (non-hydrogen) atoms. The Hall–Kier alpha value is -1.69. The van der Waals surface area contributed by atoms with Crippen LogP contribution in [0.25, 0.3) is 0 Å². The van der Waals surface area contributed by atoms with Gasteiger partial charge in [-0.1, -0.05) is 12.8 Å². The third-order valence-corrected chi connectivity index (χ3v) is 3.60. The molecule has 3 N–H and O–H groups in total. The molecule has 0 radical (unpaired) electrons. The molecule has 2 unspecified atom stereocenters. The van der Waals surface area contributed by atoms with E-state index < -0.39 is 23.6 Å². The number of benzene rings is 1. The molecule has 1 aliphatic carbocycles.